The van der Waals surface area contributed by atoms with Gasteiger partial charge < -0.3 is 0 Å². The fourth-order valence-electron chi connectivity index (χ4n) is 1.73. The van der Waals surface area contributed by atoms with Crippen LogP contribution in [-0.2, 0) is 0 Å². The standard InChI is InChI=1S/C13H15N/c1-9(2)11-7-10(3)12-5-4-6-14-13(12)8-11/h4-9H,1-3H3. The van der Waals surface area contributed by atoms with Crippen molar-refractivity contribution < 1.29 is 0 Å². The molecule has 0 saturated carbocycles. The van der Waals surface area contributed by atoms with Crippen LogP contribution in [0.25, 0.3) is 10.9 Å². The molecule has 0 aliphatic carbocycles. The van der Waals surface area contributed by atoms with E-state index in [1.807, 2.05) is 12.3 Å². The van der Waals surface area contributed by atoms with Gasteiger partial charge in [0.15, 0.2) is 0 Å². The Balaban J connectivity index is 2.72. The summed E-state index contributed by atoms with van der Waals surface area (Å²) in [7, 11) is 0. The molecule has 1 heteroatoms. The lowest BCUT2D eigenvalue weighted by atomic mass is 9.98. The molecule has 2 rings (SSSR count). The average molecular weight is 185 g/mol. The third kappa shape index (κ3) is 1.50. The summed E-state index contributed by atoms with van der Waals surface area (Å²) in [5.74, 6) is 0.570. The van der Waals surface area contributed by atoms with Crippen molar-refractivity contribution in [2.24, 2.45) is 0 Å². The minimum Gasteiger partial charge on any atom is -0.256 e. The maximum Gasteiger partial charge on any atom is 0.0707 e. The first-order chi connectivity index (χ1) is 6.68. The van der Waals surface area contributed by atoms with E-state index in [0.717, 1.165) is 5.52 Å². The van der Waals surface area contributed by atoms with Gasteiger partial charge >= 0.3 is 0 Å². The molecule has 0 radical (unpaired) electrons. The third-order valence-electron chi connectivity index (χ3n) is 2.62. The van der Waals surface area contributed by atoms with Gasteiger partial charge in [-0.25, -0.2) is 0 Å². The van der Waals surface area contributed by atoms with Crippen LogP contribution in [0.2, 0.25) is 0 Å². The second kappa shape index (κ2) is 3.41. The number of pyridine rings is 1. The zero-order chi connectivity index (χ0) is 10.1. The molecule has 0 saturated heterocycles. The molecule has 0 bridgehead atoms. The fraction of sp³-hybridized carbons (Fsp3) is 0.308. The Labute approximate surface area is 84.8 Å². The van der Waals surface area contributed by atoms with E-state index in [0.29, 0.717) is 5.92 Å². The third-order valence-corrected chi connectivity index (χ3v) is 2.62. The highest BCUT2D eigenvalue weighted by molar-refractivity contribution is 5.82. The molecule has 72 valence electrons. The van der Waals surface area contributed by atoms with Crippen LogP contribution in [0.15, 0.2) is 30.5 Å². The second-order valence-electron chi connectivity index (χ2n) is 4.06. The smallest absolute Gasteiger partial charge is 0.0707 e. The first-order valence-electron chi connectivity index (χ1n) is 5.04. The lowest BCUT2D eigenvalue weighted by Crippen LogP contribution is -1.90. The van der Waals surface area contributed by atoms with Gasteiger partial charge in [-0.1, -0.05) is 26.0 Å². The molecule has 0 atom stereocenters. The van der Waals surface area contributed by atoms with E-state index in [2.05, 4.69) is 44.0 Å². The molecule has 0 spiro atoms. The van der Waals surface area contributed by atoms with Crippen molar-refractivity contribution in [3.05, 3.63) is 41.6 Å². The molecule has 14 heavy (non-hydrogen) atoms. The normalized spacial score (nSPS) is 11.1. The van der Waals surface area contributed by atoms with Gasteiger partial charge in [0.2, 0.25) is 0 Å². The summed E-state index contributed by atoms with van der Waals surface area (Å²) in [6.07, 6.45) is 1.85. The van der Waals surface area contributed by atoms with Crippen molar-refractivity contribution in [1.82, 2.24) is 4.98 Å². The van der Waals surface area contributed by atoms with Crippen molar-refractivity contribution in [1.29, 1.82) is 0 Å². The summed E-state index contributed by atoms with van der Waals surface area (Å²) >= 11 is 0. The van der Waals surface area contributed by atoms with Gasteiger partial charge in [0, 0.05) is 11.6 Å². The highest BCUT2D eigenvalue weighted by Gasteiger charge is 2.03. The lowest BCUT2D eigenvalue weighted by molar-refractivity contribution is 0.866. The maximum atomic E-state index is 4.39. The first-order valence-corrected chi connectivity index (χ1v) is 5.04. The number of nitrogens with zero attached hydrogens (tertiary/aromatic N) is 1. The zero-order valence-corrected chi connectivity index (χ0v) is 8.91. The topological polar surface area (TPSA) is 12.9 Å². The molecular formula is C13H15N. The number of aromatic nitrogens is 1. The van der Waals surface area contributed by atoms with Crippen LogP contribution in [0.5, 0.6) is 0 Å². The zero-order valence-electron chi connectivity index (χ0n) is 8.91. The molecule has 0 aliphatic heterocycles. The van der Waals surface area contributed by atoms with Gasteiger partial charge in [-0.05, 0) is 36.1 Å². The van der Waals surface area contributed by atoms with E-state index in [-0.39, 0.29) is 0 Å². The largest absolute Gasteiger partial charge is 0.256 e. The SMILES string of the molecule is Cc1cc(C(C)C)cc2ncccc12. The van der Waals surface area contributed by atoms with Gasteiger partial charge in [-0.15, -0.1) is 0 Å². The van der Waals surface area contributed by atoms with Gasteiger partial charge in [0.25, 0.3) is 0 Å². The van der Waals surface area contributed by atoms with E-state index >= 15 is 0 Å². The molecule has 0 unspecified atom stereocenters. The maximum absolute atomic E-state index is 4.39. The molecule has 1 nitrogen and oxygen atoms in total. The Morgan fingerprint density at radius 1 is 1.21 bits per heavy atom. The molecule has 2 aromatic rings. The molecule has 1 heterocycles. The lowest BCUT2D eigenvalue weighted by Gasteiger charge is -2.08. The number of aryl methyl sites for hydroxylation is 1. The number of benzene rings is 1. The van der Waals surface area contributed by atoms with Crippen LogP contribution < -0.4 is 0 Å². The number of hydrogen-bond donors (Lipinski definition) is 0. The summed E-state index contributed by atoms with van der Waals surface area (Å²) in [6, 6.07) is 8.56. The summed E-state index contributed by atoms with van der Waals surface area (Å²) in [5.41, 5.74) is 3.80. The van der Waals surface area contributed by atoms with Crippen LogP contribution in [0, 0.1) is 6.92 Å². The van der Waals surface area contributed by atoms with Gasteiger partial charge in [0.05, 0.1) is 5.52 Å². The van der Waals surface area contributed by atoms with Crippen LogP contribution in [-0.4, -0.2) is 4.98 Å². The number of rotatable bonds is 1. The Morgan fingerprint density at radius 2 is 2.00 bits per heavy atom. The van der Waals surface area contributed by atoms with Gasteiger partial charge in [-0.3, -0.25) is 4.98 Å². The van der Waals surface area contributed by atoms with E-state index in [1.165, 1.54) is 16.5 Å². The van der Waals surface area contributed by atoms with E-state index in [9.17, 15) is 0 Å². The summed E-state index contributed by atoms with van der Waals surface area (Å²) in [5, 5.41) is 1.26. The minimum absolute atomic E-state index is 0.570. The Kier molecular flexibility index (Phi) is 2.24. The molecule has 0 fully saturated rings. The Morgan fingerprint density at radius 3 is 2.71 bits per heavy atom. The molecule has 1 aromatic heterocycles. The molecule has 0 aliphatic rings. The summed E-state index contributed by atoms with van der Waals surface area (Å²) in [4.78, 5) is 4.39. The number of fused-ring (bicyclic) bond motifs is 1. The first kappa shape index (κ1) is 9.20. The van der Waals surface area contributed by atoms with Crippen molar-refractivity contribution >= 4 is 10.9 Å². The van der Waals surface area contributed by atoms with Crippen molar-refractivity contribution in [2.45, 2.75) is 26.7 Å². The van der Waals surface area contributed by atoms with Gasteiger partial charge in [-0.2, -0.15) is 0 Å². The molecule has 0 N–H and O–H groups in total. The van der Waals surface area contributed by atoms with E-state index < -0.39 is 0 Å². The van der Waals surface area contributed by atoms with Crippen LogP contribution >= 0.6 is 0 Å². The van der Waals surface area contributed by atoms with E-state index in [1.54, 1.807) is 0 Å². The van der Waals surface area contributed by atoms with Crippen LogP contribution in [0.3, 0.4) is 0 Å². The van der Waals surface area contributed by atoms with Crippen molar-refractivity contribution in [3.63, 3.8) is 0 Å². The van der Waals surface area contributed by atoms with Crippen LogP contribution in [0.4, 0.5) is 0 Å². The van der Waals surface area contributed by atoms with Crippen LogP contribution in [0.1, 0.15) is 30.9 Å². The molecular weight excluding hydrogens is 170 g/mol. The summed E-state index contributed by atoms with van der Waals surface area (Å²) < 4.78 is 0. The van der Waals surface area contributed by atoms with Crippen molar-refractivity contribution in [3.8, 4) is 0 Å². The highest BCUT2D eigenvalue weighted by Crippen LogP contribution is 2.23. The average Bonchev–Trinajstić information content (AvgIpc) is 2.17. The van der Waals surface area contributed by atoms with E-state index in [4.69, 9.17) is 0 Å². The Hall–Kier alpha value is -1.37. The van der Waals surface area contributed by atoms with Crippen molar-refractivity contribution in [2.75, 3.05) is 0 Å². The van der Waals surface area contributed by atoms with Gasteiger partial charge in [0.1, 0.15) is 0 Å². The second-order valence-corrected chi connectivity index (χ2v) is 4.06. The number of hydrogen-bond acceptors (Lipinski definition) is 1. The monoisotopic (exact) mass is 185 g/mol. The Bertz CT molecular complexity index is 458. The predicted octanol–water partition coefficient (Wildman–Crippen LogP) is 3.67. The molecule has 1 aromatic carbocycles. The predicted molar refractivity (Wildman–Crippen MR) is 60.6 cm³/mol. The highest BCUT2D eigenvalue weighted by atomic mass is 14.6. The minimum atomic E-state index is 0.570. The fourth-order valence-corrected chi connectivity index (χ4v) is 1.73. The summed E-state index contributed by atoms with van der Waals surface area (Å²) in [6.45, 7) is 6.57. The molecule has 0 amide bonds. The quantitative estimate of drug-likeness (QED) is 0.660.